The molecule has 0 bridgehead atoms. The van der Waals surface area contributed by atoms with Gasteiger partial charge >= 0.3 is 6.03 Å². The van der Waals surface area contributed by atoms with Crippen molar-refractivity contribution in [3.63, 3.8) is 0 Å². The molecule has 1 aromatic rings. The van der Waals surface area contributed by atoms with Crippen molar-refractivity contribution in [3.8, 4) is 11.5 Å². The molecule has 3 rings (SSSR count). The number of carbonyl (C=O) groups excluding carboxylic acids is 1. The number of benzene rings is 1. The van der Waals surface area contributed by atoms with Crippen molar-refractivity contribution >= 4 is 6.03 Å². The van der Waals surface area contributed by atoms with E-state index in [0.717, 1.165) is 23.5 Å². The quantitative estimate of drug-likeness (QED) is 0.934. The van der Waals surface area contributed by atoms with Crippen LogP contribution in [0.1, 0.15) is 31.7 Å². The van der Waals surface area contributed by atoms with E-state index in [1.165, 1.54) is 12.8 Å². The van der Waals surface area contributed by atoms with Gasteiger partial charge in [0.1, 0.15) is 13.2 Å². The minimum absolute atomic E-state index is 0.00589. The first kappa shape index (κ1) is 15.0. The summed E-state index contributed by atoms with van der Waals surface area (Å²) in [6.45, 7) is 3.93. The van der Waals surface area contributed by atoms with Crippen molar-refractivity contribution in [2.75, 3.05) is 20.3 Å². The minimum Gasteiger partial charge on any atom is -0.486 e. The third-order valence-electron chi connectivity index (χ3n) is 4.54. The topological polar surface area (TPSA) is 50.8 Å². The predicted molar refractivity (Wildman–Crippen MR) is 84.2 cm³/mol. The summed E-state index contributed by atoms with van der Waals surface area (Å²) in [5, 5.41) is 3.14. The van der Waals surface area contributed by atoms with Crippen molar-refractivity contribution in [2.45, 2.75) is 38.8 Å². The molecule has 0 saturated heterocycles. The van der Waals surface area contributed by atoms with Crippen LogP contribution in [0.15, 0.2) is 18.2 Å². The summed E-state index contributed by atoms with van der Waals surface area (Å²) >= 11 is 0. The molecule has 2 unspecified atom stereocenters. The number of urea groups is 1. The van der Waals surface area contributed by atoms with Gasteiger partial charge in [-0.2, -0.15) is 0 Å². The van der Waals surface area contributed by atoms with Crippen LogP contribution in [-0.4, -0.2) is 37.2 Å². The molecule has 2 atom stereocenters. The summed E-state index contributed by atoms with van der Waals surface area (Å²) in [5.74, 6) is 2.12. The van der Waals surface area contributed by atoms with Gasteiger partial charge < -0.3 is 19.7 Å². The summed E-state index contributed by atoms with van der Waals surface area (Å²) in [6.07, 6.45) is 3.50. The average Bonchev–Trinajstić information content (AvgIpc) is 2.92. The van der Waals surface area contributed by atoms with Gasteiger partial charge in [-0.1, -0.05) is 19.4 Å². The maximum absolute atomic E-state index is 12.3. The van der Waals surface area contributed by atoms with E-state index in [9.17, 15) is 4.79 Å². The van der Waals surface area contributed by atoms with Gasteiger partial charge in [0.15, 0.2) is 11.5 Å². The second-order valence-corrected chi connectivity index (χ2v) is 6.30. The Morgan fingerprint density at radius 3 is 2.77 bits per heavy atom. The Hall–Kier alpha value is -1.91. The molecule has 0 aromatic heterocycles. The van der Waals surface area contributed by atoms with Gasteiger partial charge in [0.05, 0.1) is 0 Å². The molecule has 1 aliphatic carbocycles. The second-order valence-electron chi connectivity index (χ2n) is 6.30. The fourth-order valence-electron chi connectivity index (χ4n) is 3.16. The van der Waals surface area contributed by atoms with Crippen molar-refractivity contribution in [3.05, 3.63) is 23.8 Å². The van der Waals surface area contributed by atoms with Crippen LogP contribution in [0.3, 0.4) is 0 Å². The molecule has 22 heavy (non-hydrogen) atoms. The highest BCUT2D eigenvalue weighted by molar-refractivity contribution is 5.74. The zero-order valence-electron chi connectivity index (χ0n) is 13.3. The van der Waals surface area contributed by atoms with Crippen LogP contribution in [0.25, 0.3) is 0 Å². The molecule has 5 nitrogen and oxygen atoms in total. The van der Waals surface area contributed by atoms with Crippen molar-refractivity contribution in [1.29, 1.82) is 0 Å². The largest absolute Gasteiger partial charge is 0.486 e. The zero-order valence-corrected chi connectivity index (χ0v) is 13.3. The summed E-state index contributed by atoms with van der Waals surface area (Å²) in [7, 11) is 1.83. The van der Waals surface area contributed by atoms with E-state index >= 15 is 0 Å². The third-order valence-corrected chi connectivity index (χ3v) is 4.54. The normalized spacial score (nSPS) is 23.2. The Labute approximate surface area is 131 Å². The summed E-state index contributed by atoms with van der Waals surface area (Å²) in [5.41, 5.74) is 1.04. The molecule has 1 saturated carbocycles. The lowest BCUT2D eigenvalue weighted by molar-refractivity contribution is 0.171. The van der Waals surface area contributed by atoms with E-state index in [2.05, 4.69) is 12.2 Å². The second kappa shape index (κ2) is 6.46. The Bertz CT molecular complexity index is 547. The number of ether oxygens (including phenoxy) is 2. The molecule has 2 aliphatic rings. The summed E-state index contributed by atoms with van der Waals surface area (Å²) in [4.78, 5) is 14.0. The van der Waals surface area contributed by atoms with E-state index in [-0.39, 0.29) is 6.03 Å². The molecular formula is C17H24N2O3. The molecule has 1 aromatic carbocycles. The molecular weight excluding hydrogens is 280 g/mol. The Kier molecular flexibility index (Phi) is 4.41. The van der Waals surface area contributed by atoms with Gasteiger partial charge in [-0.25, -0.2) is 4.79 Å². The molecule has 1 aliphatic heterocycles. The minimum atomic E-state index is -0.00589. The van der Waals surface area contributed by atoms with Gasteiger partial charge in [0.2, 0.25) is 0 Å². The highest BCUT2D eigenvalue weighted by atomic mass is 16.6. The average molecular weight is 304 g/mol. The number of nitrogens with zero attached hydrogens (tertiary/aromatic N) is 1. The van der Waals surface area contributed by atoms with Gasteiger partial charge in [-0.15, -0.1) is 0 Å². The van der Waals surface area contributed by atoms with Crippen LogP contribution in [0, 0.1) is 5.92 Å². The lowest BCUT2D eigenvalue weighted by atomic mass is 10.1. The van der Waals surface area contributed by atoms with E-state index in [0.29, 0.717) is 31.7 Å². The van der Waals surface area contributed by atoms with Crippen LogP contribution in [0.4, 0.5) is 4.79 Å². The molecule has 2 amide bonds. The Balaban J connectivity index is 1.58. The number of nitrogens with one attached hydrogen (secondary N) is 1. The first-order valence-corrected chi connectivity index (χ1v) is 8.03. The van der Waals surface area contributed by atoms with E-state index in [1.54, 1.807) is 4.90 Å². The number of hydrogen-bond acceptors (Lipinski definition) is 3. The molecule has 0 radical (unpaired) electrons. The highest BCUT2D eigenvalue weighted by Crippen LogP contribution is 2.31. The first-order chi connectivity index (χ1) is 10.6. The van der Waals surface area contributed by atoms with Gasteiger partial charge in [-0.3, -0.25) is 0 Å². The van der Waals surface area contributed by atoms with Crippen molar-refractivity contribution in [2.24, 2.45) is 5.92 Å². The van der Waals surface area contributed by atoms with E-state index in [1.807, 2.05) is 25.2 Å². The Morgan fingerprint density at radius 2 is 2.05 bits per heavy atom. The smallest absolute Gasteiger partial charge is 0.317 e. The number of fused-ring (bicyclic) bond motifs is 1. The standard InChI is InChI=1S/C17H24N2O3/c1-12-4-3-5-14(12)18-17(20)19(2)11-13-6-7-15-16(10-13)22-9-8-21-15/h6-7,10,12,14H,3-5,8-9,11H2,1-2H3,(H,18,20). The fraction of sp³-hybridized carbons (Fsp3) is 0.588. The van der Waals surface area contributed by atoms with Crippen molar-refractivity contribution < 1.29 is 14.3 Å². The lowest BCUT2D eigenvalue weighted by Crippen LogP contribution is -2.43. The van der Waals surface area contributed by atoms with Crippen molar-refractivity contribution in [1.82, 2.24) is 10.2 Å². The first-order valence-electron chi connectivity index (χ1n) is 8.03. The summed E-state index contributed by atoms with van der Waals surface area (Å²) < 4.78 is 11.1. The van der Waals surface area contributed by atoms with Crippen LogP contribution >= 0.6 is 0 Å². The molecule has 120 valence electrons. The number of carbonyl (C=O) groups is 1. The summed E-state index contributed by atoms with van der Waals surface area (Å²) in [6, 6.07) is 6.16. The molecule has 1 N–H and O–H groups in total. The monoisotopic (exact) mass is 304 g/mol. The maximum atomic E-state index is 12.3. The van der Waals surface area contributed by atoms with Gasteiger partial charge in [0.25, 0.3) is 0 Å². The maximum Gasteiger partial charge on any atom is 0.317 e. The Morgan fingerprint density at radius 1 is 1.27 bits per heavy atom. The zero-order chi connectivity index (χ0) is 15.5. The van der Waals surface area contributed by atoms with Gasteiger partial charge in [-0.05, 0) is 36.5 Å². The number of amides is 2. The van der Waals surface area contributed by atoms with Crippen LogP contribution < -0.4 is 14.8 Å². The predicted octanol–water partition coefficient (Wildman–Crippen LogP) is 2.79. The van der Waals surface area contributed by atoms with Crippen LogP contribution in [0.2, 0.25) is 0 Å². The molecule has 0 spiro atoms. The molecule has 5 heteroatoms. The number of rotatable bonds is 3. The third kappa shape index (κ3) is 3.29. The SMILES string of the molecule is CC1CCCC1NC(=O)N(C)Cc1ccc2c(c1)OCCO2. The van der Waals surface area contributed by atoms with Gasteiger partial charge in [0, 0.05) is 19.6 Å². The number of hydrogen-bond donors (Lipinski definition) is 1. The van der Waals surface area contributed by atoms with Crippen LogP contribution in [0.5, 0.6) is 11.5 Å². The van der Waals surface area contributed by atoms with E-state index < -0.39 is 0 Å². The highest BCUT2D eigenvalue weighted by Gasteiger charge is 2.25. The van der Waals surface area contributed by atoms with E-state index in [4.69, 9.17) is 9.47 Å². The fourth-order valence-corrected chi connectivity index (χ4v) is 3.16. The molecule has 1 fully saturated rings. The van der Waals surface area contributed by atoms with Crippen LogP contribution in [-0.2, 0) is 6.54 Å². The lowest BCUT2D eigenvalue weighted by Gasteiger charge is -2.24. The molecule has 1 heterocycles.